The van der Waals surface area contributed by atoms with Gasteiger partial charge >= 0.3 is 0 Å². The second-order valence-corrected chi connectivity index (χ2v) is 11.3. The number of hydrogen-bond donors (Lipinski definition) is 1. The van der Waals surface area contributed by atoms with Crippen LogP contribution in [-0.2, 0) is 16.6 Å². The number of benzene rings is 2. The Hall–Kier alpha value is -3.21. The number of nitrogens with zero attached hydrogens (tertiary/aromatic N) is 4. The van der Waals surface area contributed by atoms with Crippen molar-refractivity contribution in [1.29, 1.82) is 0 Å². The summed E-state index contributed by atoms with van der Waals surface area (Å²) in [7, 11) is -3.28. The smallest absolute Gasteiger partial charge is 0.272 e. The van der Waals surface area contributed by atoms with Crippen molar-refractivity contribution in [2.75, 3.05) is 32.4 Å². The van der Waals surface area contributed by atoms with Crippen LogP contribution in [0.25, 0.3) is 11.4 Å². The molecular weight excluding hydrogens is 481 g/mol. The van der Waals surface area contributed by atoms with E-state index >= 15 is 0 Å². The highest BCUT2D eigenvalue weighted by atomic mass is 32.2. The summed E-state index contributed by atoms with van der Waals surface area (Å²) in [5.41, 5.74) is 2.91. The van der Waals surface area contributed by atoms with Crippen LogP contribution in [0.2, 0.25) is 0 Å². The quantitative estimate of drug-likeness (QED) is 0.526. The van der Waals surface area contributed by atoms with E-state index in [2.05, 4.69) is 10.3 Å². The van der Waals surface area contributed by atoms with Crippen LogP contribution in [0.4, 0.5) is 4.39 Å². The molecule has 1 aliphatic carbocycles. The summed E-state index contributed by atoms with van der Waals surface area (Å²) in [6, 6.07) is 18.1. The fourth-order valence-electron chi connectivity index (χ4n) is 4.53. The minimum Gasteiger partial charge on any atom is -0.335 e. The zero-order valence-electron chi connectivity index (χ0n) is 20.0. The molecule has 10 heteroatoms. The van der Waals surface area contributed by atoms with Crippen LogP contribution in [0.1, 0.15) is 34.1 Å². The van der Waals surface area contributed by atoms with Gasteiger partial charge < -0.3 is 10.2 Å². The predicted molar refractivity (Wildman–Crippen MR) is 134 cm³/mol. The Morgan fingerprint density at radius 1 is 1.03 bits per heavy atom. The molecule has 0 spiro atoms. The molecule has 0 unspecified atom stereocenters. The van der Waals surface area contributed by atoms with Crippen molar-refractivity contribution in [1.82, 2.24) is 24.5 Å². The first-order chi connectivity index (χ1) is 17.3. The molecule has 1 saturated carbocycles. The Bertz CT molecular complexity index is 1340. The Morgan fingerprint density at radius 3 is 2.39 bits per heavy atom. The second-order valence-electron chi connectivity index (χ2n) is 9.27. The SMILES string of the molecule is CS(=O)(=O)N1CCN(C(=O)c2cc(CN[C@@H]3C[C@H]3c3ccc(F)cc3)nc(-c3ccccc3)n2)CC1. The average molecular weight is 510 g/mol. The van der Waals surface area contributed by atoms with Gasteiger partial charge in [0.25, 0.3) is 5.91 Å². The summed E-state index contributed by atoms with van der Waals surface area (Å²) >= 11 is 0. The molecule has 2 aliphatic rings. The first-order valence-electron chi connectivity index (χ1n) is 11.9. The molecule has 2 heterocycles. The third kappa shape index (κ3) is 5.61. The zero-order chi connectivity index (χ0) is 25.3. The standard InChI is InChI=1S/C26H28FN5O3S/c1-36(34,35)32-13-11-31(12-14-32)26(33)24-15-21(29-25(30-24)19-5-3-2-4-6-19)17-28-23-16-22(23)18-7-9-20(27)10-8-18/h2-10,15,22-23,28H,11-14,16-17H2,1H3/t22-,23+/m0/s1. The van der Waals surface area contributed by atoms with Crippen LogP contribution < -0.4 is 5.32 Å². The maximum atomic E-state index is 13.3. The molecular formula is C26H28FN5O3S. The highest BCUT2D eigenvalue weighted by Crippen LogP contribution is 2.40. The number of halogens is 1. The molecule has 8 nitrogen and oxygen atoms in total. The van der Waals surface area contributed by atoms with Gasteiger partial charge in [-0.25, -0.2) is 22.8 Å². The lowest BCUT2D eigenvalue weighted by Crippen LogP contribution is -2.50. The summed E-state index contributed by atoms with van der Waals surface area (Å²) in [5, 5.41) is 3.50. The van der Waals surface area contributed by atoms with E-state index in [-0.39, 0.29) is 30.9 Å². The summed E-state index contributed by atoms with van der Waals surface area (Å²) in [6.07, 6.45) is 2.14. The lowest BCUT2D eigenvalue weighted by molar-refractivity contribution is 0.0692. The molecule has 1 saturated heterocycles. The van der Waals surface area contributed by atoms with Gasteiger partial charge in [0.1, 0.15) is 11.5 Å². The number of aromatic nitrogens is 2. The van der Waals surface area contributed by atoms with Gasteiger partial charge in [-0.05, 0) is 30.2 Å². The molecule has 36 heavy (non-hydrogen) atoms. The fourth-order valence-corrected chi connectivity index (χ4v) is 5.36. The molecule has 188 valence electrons. The van der Waals surface area contributed by atoms with E-state index in [1.54, 1.807) is 11.0 Å². The van der Waals surface area contributed by atoms with Crippen LogP contribution in [0.5, 0.6) is 0 Å². The third-order valence-corrected chi connectivity index (χ3v) is 7.96. The number of hydrogen-bond acceptors (Lipinski definition) is 6. The summed E-state index contributed by atoms with van der Waals surface area (Å²) in [4.78, 5) is 24.2. The minimum atomic E-state index is -3.28. The number of carbonyl (C=O) groups is 1. The Morgan fingerprint density at radius 2 is 1.72 bits per heavy atom. The minimum absolute atomic E-state index is 0.236. The van der Waals surface area contributed by atoms with Crippen molar-refractivity contribution in [3.63, 3.8) is 0 Å². The van der Waals surface area contributed by atoms with E-state index in [1.807, 2.05) is 42.5 Å². The van der Waals surface area contributed by atoms with Crippen LogP contribution in [0.3, 0.4) is 0 Å². The third-order valence-electron chi connectivity index (χ3n) is 6.66. The number of amides is 1. The van der Waals surface area contributed by atoms with E-state index < -0.39 is 10.0 Å². The largest absolute Gasteiger partial charge is 0.335 e. The fraction of sp³-hybridized carbons (Fsp3) is 0.346. The van der Waals surface area contributed by atoms with Crippen molar-refractivity contribution < 1.29 is 17.6 Å². The molecule has 1 aromatic heterocycles. The topological polar surface area (TPSA) is 95.5 Å². The molecule has 2 atom stereocenters. The molecule has 5 rings (SSSR count). The van der Waals surface area contributed by atoms with Gasteiger partial charge in [-0.1, -0.05) is 42.5 Å². The first kappa shape index (κ1) is 24.5. The average Bonchev–Trinajstić information content (AvgIpc) is 3.67. The molecule has 3 aromatic rings. The molecule has 2 fully saturated rings. The number of piperazine rings is 1. The van der Waals surface area contributed by atoms with E-state index in [1.165, 1.54) is 22.7 Å². The van der Waals surface area contributed by atoms with Crippen molar-refractivity contribution in [3.8, 4) is 11.4 Å². The van der Waals surface area contributed by atoms with Crippen LogP contribution in [0, 0.1) is 5.82 Å². The number of carbonyl (C=O) groups excluding carboxylic acids is 1. The monoisotopic (exact) mass is 509 g/mol. The number of sulfonamides is 1. The molecule has 1 amide bonds. The lowest BCUT2D eigenvalue weighted by atomic mass is 10.1. The van der Waals surface area contributed by atoms with E-state index in [0.717, 1.165) is 17.5 Å². The van der Waals surface area contributed by atoms with Crippen LogP contribution in [0.15, 0.2) is 60.7 Å². The van der Waals surface area contributed by atoms with Gasteiger partial charge in [-0.3, -0.25) is 4.79 Å². The molecule has 2 aromatic carbocycles. The summed E-state index contributed by atoms with van der Waals surface area (Å²) < 4.78 is 38.3. The summed E-state index contributed by atoms with van der Waals surface area (Å²) in [5.74, 6) is 0.319. The van der Waals surface area contributed by atoms with Crippen LogP contribution in [-0.4, -0.2) is 72.0 Å². The second kappa shape index (κ2) is 10.0. The lowest BCUT2D eigenvalue weighted by Gasteiger charge is -2.33. The Kier molecular flexibility index (Phi) is 6.83. The van der Waals surface area contributed by atoms with Gasteiger partial charge in [0.05, 0.1) is 11.9 Å². The molecule has 1 aliphatic heterocycles. The van der Waals surface area contributed by atoms with Crippen molar-refractivity contribution >= 4 is 15.9 Å². The van der Waals surface area contributed by atoms with Gasteiger partial charge in [0.15, 0.2) is 5.82 Å². The van der Waals surface area contributed by atoms with Gasteiger partial charge in [0.2, 0.25) is 10.0 Å². The highest BCUT2D eigenvalue weighted by molar-refractivity contribution is 7.88. The summed E-state index contributed by atoms with van der Waals surface area (Å²) in [6.45, 7) is 1.62. The van der Waals surface area contributed by atoms with E-state index in [4.69, 9.17) is 4.98 Å². The number of nitrogens with one attached hydrogen (secondary N) is 1. The van der Waals surface area contributed by atoms with E-state index in [9.17, 15) is 17.6 Å². The molecule has 0 radical (unpaired) electrons. The van der Waals surface area contributed by atoms with Crippen molar-refractivity contribution in [2.24, 2.45) is 0 Å². The molecule has 1 N–H and O–H groups in total. The van der Waals surface area contributed by atoms with E-state index in [0.29, 0.717) is 42.8 Å². The maximum Gasteiger partial charge on any atom is 0.272 e. The predicted octanol–water partition coefficient (Wildman–Crippen LogP) is 2.65. The normalized spacial score (nSPS) is 20.3. The van der Waals surface area contributed by atoms with Gasteiger partial charge in [-0.2, -0.15) is 4.31 Å². The van der Waals surface area contributed by atoms with Gasteiger partial charge in [0, 0.05) is 50.2 Å². The first-order valence-corrected chi connectivity index (χ1v) is 13.8. The van der Waals surface area contributed by atoms with Crippen molar-refractivity contribution in [2.45, 2.75) is 24.9 Å². The van der Waals surface area contributed by atoms with Crippen molar-refractivity contribution in [3.05, 3.63) is 83.4 Å². The highest BCUT2D eigenvalue weighted by Gasteiger charge is 2.38. The Labute approximate surface area is 210 Å². The van der Waals surface area contributed by atoms with Gasteiger partial charge in [-0.15, -0.1) is 0 Å². The number of rotatable bonds is 7. The zero-order valence-corrected chi connectivity index (χ0v) is 20.8. The molecule has 0 bridgehead atoms. The maximum absolute atomic E-state index is 13.3. The van der Waals surface area contributed by atoms with Crippen LogP contribution >= 0.6 is 0 Å². The Balaban J connectivity index is 1.32.